The third-order valence-electron chi connectivity index (χ3n) is 3.67. The third kappa shape index (κ3) is 3.46. The molecule has 0 saturated carbocycles. The summed E-state index contributed by atoms with van der Waals surface area (Å²) in [6.45, 7) is 2.44. The first-order valence-corrected chi connectivity index (χ1v) is 7.72. The molecule has 0 aliphatic rings. The molecule has 7 nitrogen and oxygen atoms in total. The molecule has 0 aliphatic carbocycles. The Kier molecular flexibility index (Phi) is 4.49. The normalized spacial score (nSPS) is 12.8. The van der Waals surface area contributed by atoms with Crippen LogP contribution in [-0.2, 0) is 19.4 Å². The second-order valence-electron chi connectivity index (χ2n) is 5.38. The van der Waals surface area contributed by atoms with Gasteiger partial charge >= 0.3 is 5.76 Å². The van der Waals surface area contributed by atoms with E-state index in [1.807, 2.05) is 14.0 Å². The SMILES string of the molecule is CNC(C)Cc1noc(CCn2c(=O)oc3cc(Cl)ccc32)n1. The summed E-state index contributed by atoms with van der Waals surface area (Å²) in [7, 11) is 1.88. The molecule has 0 saturated heterocycles. The zero-order chi connectivity index (χ0) is 16.4. The van der Waals surface area contributed by atoms with Gasteiger partial charge < -0.3 is 14.3 Å². The lowest BCUT2D eigenvalue weighted by atomic mass is 10.2. The maximum absolute atomic E-state index is 11.9. The molecule has 1 N–H and O–H groups in total. The predicted octanol–water partition coefficient (Wildman–Crippen LogP) is 2.02. The van der Waals surface area contributed by atoms with Crippen LogP contribution in [0.3, 0.4) is 0 Å². The highest BCUT2D eigenvalue weighted by molar-refractivity contribution is 6.31. The second-order valence-corrected chi connectivity index (χ2v) is 5.82. The van der Waals surface area contributed by atoms with Gasteiger partial charge in [0, 0.05) is 36.5 Å². The van der Waals surface area contributed by atoms with Crippen LogP contribution in [0.5, 0.6) is 0 Å². The van der Waals surface area contributed by atoms with Gasteiger partial charge in [-0.25, -0.2) is 4.79 Å². The average Bonchev–Trinajstić information content (AvgIpc) is 3.08. The average molecular weight is 337 g/mol. The van der Waals surface area contributed by atoms with Crippen molar-refractivity contribution in [1.82, 2.24) is 20.0 Å². The largest absolute Gasteiger partial charge is 0.419 e. The number of oxazole rings is 1. The van der Waals surface area contributed by atoms with Gasteiger partial charge in [0.2, 0.25) is 5.89 Å². The summed E-state index contributed by atoms with van der Waals surface area (Å²) in [4.78, 5) is 16.3. The summed E-state index contributed by atoms with van der Waals surface area (Å²) in [5, 5.41) is 7.59. The minimum Gasteiger partial charge on any atom is -0.408 e. The van der Waals surface area contributed by atoms with E-state index in [0.717, 1.165) is 0 Å². The lowest BCUT2D eigenvalue weighted by Gasteiger charge is -2.04. The van der Waals surface area contributed by atoms with Crippen molar-refractivity contribution < 1.29 is 8.94 Å². The first-order valence-electron chi connectivity index (χ1n) is 7.34. The fourth-order valence-electron chi connectivity index (χ4n) is 2.31. The summed E-state index contributed by atoms with van der Waals surface area (Å²) in [5.74, 6) is 0.724. The molecular formula is C15H17ClN4O3. The monoisotopic (exact) mass is 336 g/mol. The van der Waals surface area contributed by atoms with Gasteiger partial charge in [0.15, 0.2) is 11.4 Å². The Morgan fingerprint density at radius 2 is 2.26 bits per heavy atom. The van der Waals surface area contributed by atoms with Crippen molar-refractivity contribution in [2.75, 3.05) is 7.05 Å². The molecule has 1 aromatic carbocycles. The molecule has 2 aromatic heterocycles. The fourth-order valence-corrected chi connectivity index (χ4v) is 2.47. The molecule has 1 atom stereocenters. The second kappa shape index (κ2) is 6.55. The maximum atomic E-state index is 11.9. The van der Waals surface area contributed by atoms with Crippen LogP contribution in [0.2, 0.25) is 5.02 Å². The number of benzene rings is 1. The Morgan fingerprint density at radius 3 is 3.04 bits per heavy atom. The van der Waals surface area contributed by atoms with E-state index in [4.69, 9.17) is 20.5 Å². The molecule has 0 spiro atoms. The van der Waals surface area contributed by atoms with Gasteiger partial charge in [-0.15, -0.1) is 0 Å². The number of aryl methyl sites for hydroxylation is 2. The number of likely N-dealkylation sites (N-methyl/N-ethyl adjacent to an activating group) is 1. The highest BCUT2D eigenvalue weighted by Crippen LogP contribution is 2.18. The maximum Gasteiger partial charge on any atom is 0.419 e. The van der Waals surface area contributed by atoms with Gasteiger partial charge in [-0.3, -0.25) is 4.57 Å². The van der Waals surface area contributed by atoms with Crippen LogP contribution in [-0.4, -0.2) is 27.8 Å². The highest BCUT2D eigenvalue weighted by Gasteiger charge is 2.13. The van der Waals surface area contributed by atoms with Gasteiger partial charge in [-0.1, -0.05) is 16.8 Å². The van der Waals surface area contributed by atoms with Gasteiger partial charge in [0.1, 0.15) is 0 Å². The van der Waals surface area contributed by atoms with Crippen molar-refractivity contribution in [3.8, 4) is 0 Å². The van der Waals surface area contributed by atoms with E-state index in [-0.39, 0.29) is 6.04 Å². The van der Waals surface area contributed by atoms with Crippen LogP contribution in [0.1, 0.15) is 18.6 Å². The number of hydrogen-bond donors (Lipinski definition) is 1. The molecule has 0 radical (unpaired) electrons. The first-order chi connectivity index (χ1) is 11.1. The van der Waals surface area contributed by atoms with E-state index in [0.29, 0.717) is 47.2 Å². The smallest absolute Gasteiger partial charge is 0.408 e. The summed E-state index contributed by atoms with van der Waals surface area (Å²) < 4.78 is 11.9. The van der Waals surface area contributed by atoms with Crippen LogP contribution in [0.25, 0.3) is 11.1 Å². The van der Waals surface area contributed by atoms with Gasteiger partial charge in [0.25, 0.3) is 0 Å². The van der Waals surface area contributed by atoms with Crippen molar-refractivity contribution in [2.45, 2.75) is 32.4 Å². The molecule has 122 valence electrons. The Balaban J connectivity index is 1.74. The van der Waals surface area contributed by atoms with Gasteiger partial charge in [-0.2, -0.15) is 4.98 Å². The lowest BCUT2D eigenvalue weighted by Crippen LogP contribution is -2.24. The Morgan fingerprint density at radius 1 is 1.43 bits per heavy atom. The van der Waals surface area contributed by atoms with Crippen LogP contribution in [0, 0.1) is 0 Å². The predicted molar refractivity (Wildman–Crippen MR) is 85.7 cm³/mol. The Labute approximate surface area is 137 Å². The van der Waals surface area contributed by atoms with E-state index < -0.39 is 5.76 Å². The molecule has 0 amide bonds. The van der Waals surface area contributed by atoms with Crippen molar-refractivity contribution in [2.24, 2.45) is 0 Å². The van der Waals surface area contributed by atoms with Gasteiger partial charge in [0.05, 0.1) is 5.52 Å². The fraction of sp³-hybridized carbons (Fsp3) is 0.400. The van der Waals surface area contributed by atoms with E-state index in [1.165, 1.54) is 4.57 Å². The molecule has 0 aliphatic heterocycles. The van der Waals surface area contributed by atoms with Crippen LogP contribution < -0.4 is 11.1 Å². The number of aromatic nitrogens is 3. The van der Waals surface area contributed by atoms with Gasteiger partial charge in [-0.05, 0) is 26.1 Å². The van der Waals surface area contributed by atoms with Crippen LogP contribution in [0.4, 0.5) is 0 Å². The standard InChI is InChI=1S/C15H17ClN4O3/c1-9(17-2)7-13-18-14(23-19-13)5-6-20-11-4-3-10(16)8-12(11)22-15(20)21/h3-4,8-9,17H,5-7H2,1-2H3. The zero-order valence-corrected chi connectivity index (χ0v) is 13.6. The Bertz CT molecular complexity index is 867. The minimum absolute atomic E-state index is 0.269. The summed E-state index contributed by atoms with van der Waals surface area (Å²) >= 11 is 5.90. The number of nitrogens with zero attached hydrogens (tertiary/aromatic N) is 3. The summed E-state index contributed by atoms with van der Waals surface area (Å²) in [6.07, 6.45) is 1.14. The highest BCUT2D eigenvalue weighted by atomic mass is 35.5. The lowest BCUT2D eigenvalue weighted by molar-refractivity contribution is 0.363. The molecule has 23 heavy (non-hydrogen) atoms. The topological polar surface area (TPSA) is 86.1 Å². The first kappa shape index (κ1) is 15.8. The van der Waals surface area contributed by atoms with Crippen molar-refractivity contribution in [3.05, 3.63) is 45.5 Å². The molecule has 2 heterocycles. The number of halogens is 1. The quantitative estimate of drug-likeness (QED) is 0.741. The molecule has 8 heteroatoms. The van der Waals surface area contributed by atoms with Crippen LogP contribution in [0.15, 0.2) is 31.9 Å². The molecule has 0 bridgehead atoms. The summed E-state index contributed by atoms with van der Waals surface area (Å²) in [6, 6.07) is 5.37. The van der Waals surface area contributed by atoms with Crippen molar-refractivity contribution >= 4 is 22.7 Å². The zero-order valence-electron chi connectivity index (χ0n) is 12.9. The van der Waals surface area contributed by atoms with E-state index in [9.17, 15) is 4.79 Å². The molecular weight excluding hydrogens is 320 g/mol. The molecule has 3 aromatic rings. The van der Waals surface area contributed by atoms with Crippen molar-refractivity contribution in [1.29, 1.82) is 0 Å². The number of nitrogens with one attached hydrogen (secondary N) is 1. The Hall–Kier alpha value is -2.12. The van der Waals surface area contributed by atoms with E-state index in [1.54, 1.807) is 18.2 Å². The van der Waals surface area contributed by atoms with E-state index in [2.05, 4.69) is 15.5 Å². The minimum atomic E-state index is -0.425. The van der Waals surface area contributed by atoms with Crippen molar-refractivity contribution in [3.63, 3.8) is 0 Å². The number of fused-ring (bicyclic) bond motifs is 1. The molecule has 0 fully saturated rings. The van der Waals surface area contributed by atoms with E-state index >= 15 is 0 Å². The molecule has 3 rings (SSSR count). The molecule has 1 unspecified atom stereocenters. The van der Waals surface area contributed by atoms with Crippen LogP contribution >= 0.6 is 11.6 Å². The summed E-state index contributed by atoms with van der Waals surface area (Å²) in [5.41, 5.74) is 1.17. The number of hydrogen-bond acceptors (Lipinski definition) is 6. The number of rotatable bonds is 6. The third-order valence-corrected chi connectivity index (χ3v) is 3.91.